The predicted octanol–water partition coefficient (Wildman–Crippen LogP) is 4.76. The Kier molecular flexibility index (Phi) is 7.21. The van der Waals surface area contributed by atoms with Gasteiger partial charge in [0.15, 0.2) is 0 Å². The average molecular weight is 326 g/mol. The summed E-state index contributed by atoms with van der Waals surface area (Å²) in [5.41, 5.74) is 2.03. The Hall–Kier alpha value is -1.22. The number of hydrogen-bond acceptors (Lipinski definition) is 2. The van der Waals surface area contributed by atoms with E-state index in [2.05, 4.69) is 0 Å². The van der Waals surface area contributed by atoms with Crippen molar-refractivity contribution in [3.05, 3.63) is 28.3 Å². The van der Waals surface area contributed by atoms with Crippen molar-refractivity contribution < 1.29 is 9.53 Å². The SMILES string of the molecule is Cc1cc(OCCCC(=O)N(C(C)C)C(C)C)cc(C)c1Cl. The molecule has 0 aromatic heterocycles. The molecule has 124 valence electrons. The Bertz CT molecular complexity index is 481. The largest absolute Gasteiger partial charge is 0.494 e. The van der Waals surface area contributed by atoms with Crippen LogP contribution in [0.2, 0.25) is 5.02 Å². The zero-order valence-corrected chi connectivity index (χ0v) is 15.3. The third-order valence-electron chi connectivity index (χ3n) is 3.61. The van der Waals surface area contributed by atoms with Gasteiger partial charge in [0, 0.05) is 23.5 Å². The van der Waals surface area contributed by atoms with Crippen molar-refractivity contribution in [1.82, 2.24) is 4.90 Å². The van der Waals surface area contributed by atoms with Gasteiger partial charge in [0.2, 0.25) is 5.91 Å². The molecule has 0 saturated heterocycles. The second-order valence-electron chi connectivity index (χ2n) is 6.31. The highest BCUT2D eigenvalue weighted by Gasteiger charge is 2.19. The van der Waals surface area contributed by atoms with Crippen LogP contribution in [0.15, 0.2) is 12.1 Å². The second kappa shape index (κ2) is 8.42. The van der Waals surface area contributed by atoms with Crippen LogP contribution < -0.4 is 4.74 Å². The van der Waals surface area contributed by atoms with Gasteiger partial charge in [-0.15, -0.1) is 0 Å². The van der Waals surface area contributed by atoms with Crippen LogP contribution in [0.4, 0.5) is 0 Å². The number of halogens is 1. The molecule has 22 heavy (non-hydrogen) atoms. The monoisotopic (exact) mass is 325 g/mol. The minimum atomic E-state index is 0.192. The van der Waals surface area contributed by atoms with Crippen LogP contribution >= 0.6 is 11.6 Å². The van der Waals surface area contributed by atoms with Crippen LogP contribution in [0.5, 0.6) is 5.75 Å². The van der Waals surface area contributed by atoms with Gasteiger partial charge in [0.25, 0.3) is 0 Å². The van der Waals surface area contributed by atoms with Crippen LogP contribution in [0.25, 0.3) is 0 Å². The van der Waals surface area contributed by atoms with Gasteiger partial charge in [-0.2, -0.15) is 0 Å². The zero-order valence-electron chi connectivity index (χ0n) is 14.6. The van der Waals surface area contributed by atoms with E-state index in [-0.39, 0.29) is 18.0 Å². The third kappa shape index (κ3) is 5.20. The molecule has 3 nitrogen and oxygen atoms in total. The predicted molar refractivity (Wildman–Crippen MR) is 92.8 cm³/mol. The maximum atomic E-state index is 12.2. The van der Waals surface area contributed by atoms with Gasteiger partial charge in [0.1, 0.15) is 5.75 Å². The molecule has 0 aliphatic rings. The smallest absolute Gasteiger partial charge is 0.223 e. The summed E-state index contributed by atoms with van der Waals surface area (Å²) in [6.07, 6.45) is 1.23. The molecule has 0 spiro atoms. The molecule has 0 radical (unpaired) electrons. The van der Waals surface area contributed by atoms with Crippen LogP contribution in [0.1, 0.15) is 51.7 Å². The van der Waals surface area contributed by atoms with Crippen molar-refractivity contribution >= 4 is 17.5 Å². The number of carbonyl (C=O) groups excluding carboxylic acids is 1. The molecule has 0 bridgehead atoms. The third-order valence-corrected chi connectivity index (χ3v) is 4.21. The van der Waals surface area contributed by atoms with Crippen molar-refractivity contribution in [1.29, 1.82) is 0 Å². The topological polar surface area (TPSA) is 29.5 Å². The number of hydrogen-bond donors (Lipinski definition) is 0. The molecule has 1 amide bonds. The minimum Gasteiger partial charge on any atom is -0.494 e. The van der Waals surface area contributed by atoms with E-state index in [1.54, 1.807) is 0 Å². The molecule has 0 aliphatic carbocycles. The Morgan fingerprint density at radius 2 is 1.64 bits per heavy atom. The van der Waals surface area contributed by atoms with E-state index >= 15 is 0 Å². The molecule has 0 fully saturated rings. The first kappa shape index (κ1) is 18.8. The number of nitrogens with zero attached hydrogens (tertiary/aromatic N) is 1. The number of carbonyl (C=O) groups is 1. The van der Waals surface area contributed by atoms with E-state index < -0.39 is 0 Å². The summed E-state index contributed by atoms with van der Waals surface area (Å²) in [5.74, 6) is 1.01. The van der Waals surface area contributed by atoms with Crippen LogP contribution in [0, 0.1) is 13.8 Å². The number of aryl methyl sites for hydroxylation is 2. The molecule has 0 unspecified atom stereocenters. The van der Waals surface area contributed by atoms with Crippen molar-refractivity contribution in [3.8, 4) is 5.75 Å². The van der Waals surface area contributed by atoms with Gasteiger partial charge in [-0.3, -0.25) is 4.79 Å². The molecule has 0 heterocycles. The van der Waals surface area contributed by atoms with Gasteiger partial charge in [-0.25, -0.2) is 0 Å². The fraction of sp³-hybridized carbons (Fsp3) is 0.611. The van der Waals surface area contributed by atoms with Crippen LogP contribution in [0.3, 0.4) is 0 Å². The first-order valence-corrected chi connectivity index (χ1v) is 8.32. The van der Waals surface area contributed by atoms with Gasteiger partial charge in [-0.05, 0) is 71.2 Å². The van der Waals surface area contributed by atoms with E-state index in [1.165, 1.54) is 0 Å². The number of amides is 1. The van der Waals surface area contributed by atoms with Crippen molar-refractivity contribution in [2.45, 2.75) is 66.5 Å². The molecule has 0 saturated carbocycles. The maximum Gasteiger partial charge on any atom is 0.223 e. The van der Waals surface area contributed by atoms with Gasteiger partial charge in [-0.1, -0.05) is 11.6 Å². The molecule has 4 heteroatoms. The van der Waals surface area contributed by atoms with Crippen molar-refractivity contribution in [3.63, 3.8) is 0 Å². The van der Waals surface area contributed by atoms with Crippen molar-refractivity contribution in [2.75, 3.05) is 6.61 Å². The molecule has 1 aromatic rings. The van der Waals surface area contributed by atoms with E-state index in [4.69, 9.17) is 16.3 Å². The number of benzene rings is 1. The lowest BCUT2D eigenvalue weighted by atomic mass is 10.1. The van der Waals surface area contributed by atoms with Gasteiger partial charge in [0.05, 0.1) is 6.61 Å². The van der Waals surface area contributed by atoms with E-state index in [9.17, 15) is 4.79 Å². The lowest BCUT2D eigenvalue weighted by Gasteiger charge is -2.30. The van der Waals surface area contributed by atoms with Crippen LogP contribution in [-0.2, 0) is 4.79 Å². The maximum absolute atomic E-state index is 12.2. The average Bonchev–Trinajstić information content (AvgIpc) is 2.40. The first-order chi connectivity index (χ1) is 10.2. The lowest BCUT2D eigenvalue weighted by Crippen LogP contribution is -2.42. The molecular formula is C18H28ClNO2. The first-order valence-electron chi connectivity index (χ1n) is 7.94. The minimum absolute atomic E-state index is 0.192. The fourth-order valence-electron chi connectivity index (χ4n) is 2.70. The molecular weight excluding hydrogens is 298 g/mol. The van der Waals surface area contributed by atoms with E-state index in [0.29, 0.717) is 13.0 Å². The number of ether oxygens (including phenoxy) is 1. The zero-order chi connectivity index (χ0) is 16.9. The van der Waals surface area contributed by atoms with Gasteiger partial charge < -0.3 is 9.64 Å². The second-order valence-corrected chi connectivity index (χ2v) is 6.69. The molecule has 0 aliphatic heterocycles. The molecule has 0 atom stereocenters. The Balaban J connectivity index is 2.47. The summed E-state index contributed by atoms with van der Waals surface area (Å²) in [7, 11) is 0. The summed E-state index contributed by atoms with van der Waals surface area (Å²) < 4.78 is 5.74. The Labute approximate surface area is 139 Å². The summed E-state index contributed by atoms with van der Waals surface area (Å²) >= 11 is 6.14. The summed E-state index contributed by atoms with van der Waals surface area (Å²) in [5, 5.41) is 0.784. The standard InChI is InChI=1S/C18H28ClNO2/c1-12(2)20(13(3)4)17(21)8-7-9-22-16-10-14(5)18(19)15(6)11-16/h10-13H,7-9H2,1-6H3. The number of rotatable bonds is 7. The molecule has 1 aromatic carbocycles. The van der Waals surface area contributed by atoms with Crippen LogP contribution in [-0.4, -0.2) is 29.5 Å². The lowest BCUT2D eigenvalue weighted by molar-refractivity contribution is -0.135. The summed E-state index contributed by atoms with van der Waals surface area (Å²) in [6.45, 7) is 12.7. The Morgan fingerprint density at radius 1 is 1.14 bits per heavy atom. The van der Waals surface area contributed by atoms with Gasteiger partial charge >= 0.3 is 0 Å². The fourth-order valence-corrected chi connectivity index (χ4v) is 2.81. The highest BCUT2D eigenvalue weighted by molar-refractivity contribution is 6.32. The summed E-state index contributed by atoms with van der Waals surface area (Å²) in [4.78, 5) is 14.2. The molecule has 0 N–H and O–H groups in total. The Morgan fingerprint density at radius 3 is 2.09 bits per heavy atom. The summed E-state index contributed by atoms with van der Waals surface area (Å²) in [6, 6.07) is 4.34. The van der Waals surface area contributed by atoms with E-state index in [0.717, 1.165) is 28.3 Å². The quantitative estimate of drug-likeness (QED) is 0.676. The molecule has 1 rings (SSSR count). The normalized spacial score (nSPS) is 11.1. The highest BCUT2D eigenvalue weighted by atomic mass is 35.5. The van der Waals surface area contributed by atoms with Crippen molar-refractivity contribution in [2.24, 2.45) is 0 Å². The van der Waals surface area contributed by atoms with E-state index in [1.807, 2.05) is 58.6 Å². The highest BCUT2D eigenvalue weighted by Crippen LogP contribution is 2.26.